The molecule has 1 nitrogen and oxygen atoms in total. The summed E-state index contributed by atoms with van der Waals surface area (Å²) >= 11 is 0. The van der Waals surface area contributed by atoms with Crippen molar-refractivity contribution in [2.75, 3.05) is 0 Å². The van der Waals surface area contributed by atoms with Gasteiger partial charge in [-0.1, -0.05) is 36.4 Å². The quantitative estimate of drug-likeness (QED) is 0.812. The van der Waals surface area contributed by atoms with E-state index in [0.29, 0.717) is 6.42 Å². The topological polar surface area (TPSA) is 20.2 Å². The molecule has 1 atom stereocenters. The van der Waals surface area contributed by atoms with Gasteiger partial charge in [0.2, 0.25) is 0 Å². The number of hydrogen-bond acceptors (Lipinski definition) is 1. The lowest BCUT2D eigenvalue weighted by Crippen LogP contribution is -2.31. The van der Waals surface area contributed by atoms with Crippen LogP contribution < -0.4 is 0 Å². The summed E-state index contributed by atoms with van der Waals surface area (Å²) in [4.78, 5) is 0. The minimum Gasteiger partial charge on any atom is -0.380 e. The van der Waals surface area contributed by atoms with Crippen molar-refractivity contribution < 1.29 is 9.50 Å². The fourth-order valence-corrected chi connectivity index (χ4v) is 2.84. The first-order chi connectivity index (χ1) is 8.70. The van der Waals surface area contributed by atoms with Gasteiger partial charge in [-0.15, -0.1) is 0 Å². The zero-order valence-electron chi connectivity index (χ0n) is 10.1. The lowest BCUT2D eigenvalue weighted by molar-refractivity contribution is 0.0615. The first-order valence-corrected chi connectivity index (χ1v) is 6.27. The van der Waals surface area contributed by atoms with Gasteiger partial charge in [0.25, 0.3) is 0 Å². The Bertz CT molecular complexity index is 562. The predicted octanol–water partition coefficient (Wildman–Crippen LogP) is 3.40. The highest BCUT2D eigenvalue weighted by Gasteiger charge is 2.35. The van der Waals surface area contributed by atoms with E-state index in [-0.39, 0.29) is 5.82 Å². The van der Waals surface area contributed by atoms with Crippen molar-refractivity contribution in [1.29, 1.82) is 0 Å². The maximum atomic E-state index is 13.0. The molecule has 2 aromatic rings. The fourth-order valence-electron chi connectivity index (χ4n) is 2.84. The molecule has 3 rings (SSSR count). The molecule has 1 N–H and O–H groups in total. The van der Waals surface area contributed by atoms with E-state index in [1.54, 1.807) is 12.1 Å². The van der Waals surface area contributed by atoms with E-state index in [9.17, 15) is 9.50 Å². The van der Waals surface area contributed by atoms with Crippen molar-refractivity contribution >= 4 is 0 Å². The SMILES string of the molecule is OC1(c2ccc(F)cc2)CCCc2ccccc21. The average Bonchev–Trinajstić information content (AvgIpc) is 2.40. The Hall–Kier alpha value is -1.67. The molecule has 92 valence electrons. The van der Waals surface area contributed by atoms with Gasteiger partial charge in [-0.25, -0.2) is 4.39 Å². The number of rotatable bonds is 1. The third kappa shape index (κ3) is 1.73. The Morgan fingerprint density at radius 3 is 2.50 bits per heavy atom. The van der Waals surface area contributed by atoms with E-state index in [1.807, 2.05) is 18.2 Å². The van der Waals surface area contributed by atoms with Crippen LogP contribution in [0.2, 0.25) is 0 Å². The Balaban J connectivity index is 2.13. The van der Waals surface area contributed by atoms with Crippen LogP contribution in [0.4, 0.5) is 4.39 Å². The number of benzene rings is 2. The van der Waals surface area contributed by atoms with E-state index in [2.05, 4.69) is 6.07 Å². The zero-order valence-corrected chi connectivity index (χ0v) is 10.1. The van der Waals surface area contributed by atoms with Gasteiger partial charge in [0.05, 0.1) is 0 Å². The molecule has 0 radical (unpaired) electrons. The maximum Gasteiger partial charge on any atom is 0.123 e. The van der Waals surface area contributed by atoms with Crippen LogP contribution in [0.1, 0.15) is 29.5 Å². The zero-order chi connectivity index (χ0) is 12.6. The summed E-state index contributed by atoms with van der Waals surface area (Å²) in [5, 5.41) is 11.0. The second-order valence-electron chi connectivity index (χ2n) is 4.88. The van der Waals surface area contributed by atoms with Gasteiger partial charge in [0, 0.05) is 0 Å². The predicted molar refractivity (Wildman–Crippen MR) is 68.8 cm³/mol. The minimum atomic E-state index is -0.970. The lowest BCUT2D eigenvalue weighted by atomic mass is 9.75. The highest BCUT2D eigenvalue weighted by atomic mass is 19.1. The number of fused-ring (bicyclic) bond motifs is 1. The van der Waals surface area contributed by atoms with Crippen molar-refractivity contribution in [3.05, 3.63) is 71.0 Å². The fraction of sp³-hybridized carbons (Fsp3) is 0.250. The van der Waals surface area contributed by atoms with E-state index in [0.717, 1.165) is 24.0 Å². The summed E-state index contributed by atoms with van der Waals surface area (Å²) in [6, 6.07) is 14.1. The molecule has 0 heterocycles. The largest absolute Gasteiger partial charge is 0.380 e. The third-order valence-corrected chi connectivity index (χ3v) is 3.77. The molecule has 0 amide bonds. The summed E-state index contributed by atoms with van der Waals surface area (Å²) in [6.45, 7) is 0. The van der Waals surface area contributed by atoms with Gasteiger partial charge in [0.1, 0.15) is 11.4 Å². The molecule has 0 saturated heterocycles. The van der Waals surface area contributed by atoms with Crippen molar-refractivity contribution in [1.82, 2.24) is 0 Å². The van der Waals surface area contributed by atoms with Crippen molar-refractivity contribution in [3.63, 3.8) is 0 Å². The second-order valence-corrected chi connectivity index (χ2v) is 4.88. The number of halogens is 1. The average molecular weight is 242 g/mol. The highest BCUT2D eigenvalue weighted by Crippen LogP contribution is 2.40. The molecule has 1 aliphatic rings. The smallest absolute Gasteiger partial charge is 0.123 e. The minimum absolute atomic E-state index is 0.272. The molecule has 0 fully saturated rings. The van der Waals surface area contributed by atoms with Crippen LogP contribution in [0.15, 0.2) is 48.5 Å². The van der Waals surface area contributed by atoms with E-state index >= 15 is 0 Å². The molecule has 1 unspecified atom stereocenters. The Morgan fingerprint density at radius 1 is 1.00 bits per heavy atom. The third-order valence-electron chi connectivity index (χ3n) is 3.77. The monoisotopic (exact) mass is 242 g/mol. The lowest BCUT2D eigenvalue weighted by Gasteiger charge is -2.35. The molecule has 0 spiro atoms. The van der Waals surface area contributed by atoms with Crippen LogP contribution >= 0.6 is 0 Å². The van der Waals surface area contributed by atoms with Gasteiger partial charge < -0.3 is 5.11 Å². The summed E-state index contributed by atoms with van der Waals surface area (Å²) in [5.41, 5.74) is 1.96. The van der Waals surface area contributed by atoms with Crippen LogP contribution in [-0.4, -0.2) is 5.11 Å². The maximum absolute atomic E-state index is 13.0. The molecule has 0 aliphatic heterocycles. The van der Waals surface area contributed by atoms with Crippen LogP contribution in [-0.2, 0) is 12.0 Å². The van der Waals surface area contributed by atoms with Gasteiger partial charge in [-0.2, -0.15) is 0 Å². The molecule has 0 saturated carbocycles. The van der Waals surface area contributed by atoms with Crippen LogP contribution in [0, 0.1) is 5.82 Å². The highest BCUT2D eigenvalue weighted by molar-refractivity contribution is 5.42. The summed E-state index contributed by atoms with van der Waals surface area (Å²) in [5.74, 6) is -0.272. The molecule has 2 aromatic carbocycles. The number of aliphatic hydroxyl groups is 1. The first-order valence-electron chi connectivity index (χ1n) is 6.27. The van der Waals surface area contributed by atoms with Gasteiger partial charge in [0.15, 0.2) is 0 Å². The molecule has 1 aliphatic carbocycles. The van der Waals surface area contributed by atoms with Gasteiger partial charge >= 0.3 is 0 Å². The van der Waals surface area contributed by atoms with Gasteiger partial charge in [-0.05, 0) is 48.1 Å². The Morgan fingerprint density at radius 2 is 1.72 bits per heavy atom. The Kier molecular flexibility index (Phi) is 2.67. The van der Waals surface area contributed by atoms with Crippen molar-refractivity contribution in [3.8, 4) is 0 Å². The summed E-state index contributed by atoms with van der Waals surface area (Å²) < 4.78 is 13.0. The molecular formula is C16H15FO. The van der Waals surface area contributed by atoms with Gasteiger partial charge in [-0.3, -0.25) is 0 Å². The molecule has 0 aromatic heterocycles. The summed E-state index contributed by atoms with van der Waals surface area (Å²) in [7, 11) is 0. The van der Waals surface area contributed by atoms with E-state index < -0.39 is 5.60 Å². The first kappa shape index (κ1) is 11.4. The Labute approximate surface area is 106 Å². The molecular weight excluding hydrogens is 227 g/mol. The normalized spacial score (nSPS) is 22.6. The molecule has 2 heteroatoms. The number of hydrogen-bond donors (Lipinski definition) is 1. The molecule has 0 bridgehead atoms. The van der Waals surface area contributed by atoms with Crippen LogP contribution in [0.3, 0.4) is 0 Å². The van der Waals surface area contributed by atoms with E-state index in [4.69, 9.17) is 0 Å². The van der Waals surface area contributed by atoms with Crippen molar-refractivity contribution in [2.45, 2.75) is 24.9 Å². The second kappa shape index (κ2) is 4.21. The number of aryl methyl sites for hydroxylation is 1. The van der Waals surface area contributed by atoms with Crippen molar-refractivity contribution in [2.24, 2.45) is 0 Å². The standard InChI is InChI=1S/C16H15FO/c17-14-9-7-13(8-10-14)16(18)11-3-5-12-4-1-2-6-15(12)16/h1-2,4,6-10,18H,3,5,11H2. The summed E-state index contributed by atoms with van der Waals surface area (Å²) in [6.07, 6.45) is 2.64. The van der Waals surface area contributed by atoms with Crippen LogP contribution in [0.5, 0.6) is 0 Å². The molecule has 18 heavy (non-hydrogen) atoms. The van der Waals surface area contributed by atoms with Crippen LogP contribution in [0.25, 0.3) is 0 Å². The van der Waals surface area contributed by atoms with E-state index in [1.165, 1.54) is 17.7 Å².